The summed E-state index contributed by atoms with van der Waals surface area (Å²) in [4.78, 5) is 22.7. The summed E-state index contributed by atoms with van der Waals surface area (Å²) in [5.41, 5.74) is 3.88. The van der Waals surface area contributed by atoms with Gasteiger partial charge in [0.25, 0.3) is 0 Å². The molecule has 0 radical (unpaired) electrons. The van der Waals surface area contributed by atoms with Gasteiger partial charge in [0.15, 0.2) is 17.1 Å². The number of amides is 1. The molecule has 0 saturated heterocycles. The van der Waals surface area contributed by atoms with Gasteiger partial charge in [0.1, 0.15) is 0 Å². The van der Waals surface area contributed by atoms with Gasteiger partial charge in [0, 0.05) is 45.2 Å². The number of β-amino-alcohol motifs (C(OH)–C–C–N with tert-alkyl or cyclic N) is 1. The molecule has 1 atom stereocenters. The SMILES string of the molecule is O=C(CCc1nc2ncccc2o1)NC[C@H](O)CN1CCc2ccccc2C1. The number of rotatable bonds is 7. The Morgan fingerprint density at radius 2 is 2.11 bits per heavy atom. The van der Waals surface area contributed by atoms with Gasteiger partial charge in [-0.3, -0.25) is 9.69 Å². The molecule has 1 aliphatic rings. The zero-order valence-electron chi connectivity index (χ0n) is 15.7. The number of nitrogens with one attached hydrogen (secondary N) is 1. The normalized spacial score (nSPS) is 15.3. The van der Waals surface area contributed by atoms with E-state index in [2.05, 4.69) is 38.4 Å². The summed E-state index contributed by atoms with van der Waals surface area (Å²) in [6.07, 6.45) is 2.72. The van der Waals surface area contributed by atoms with Gasteiger partial charge in [-0.1, -0.05) is 24.3 Å². The van der Waals surface area contributed by atoms with Crippen molar-refractivity contribution in [3.05, 3.63) is 59.6 Å². The second-order valence-electron chi connectivity index (χ2n) is 7.14. The van der Waals surface area contributed by atoms with E-state index in [1.165, 1.54) is 11.1 Å². The molecular weight excluding hydrogens is 356 g/mol. The maximum absolute atomic E-state index is 12.1. The molecule has 7 heteroatoms. The molecule has 0 unspecified atom stereocenters. The van der Waals surface area contributed by atoms with Gasteiger partial charge in [-0.25, -0.2) is 4.98 Å². The lowest BCUT2D eigenvalue weighted by atomic mass is 10.00. The fourth-order valence-electron chi connectivity index (χ4n) is 3.53. The minimum atomic E-state index is -0.595. The van der Waals surface area contributed by atoms with Crippen LogP contribution >= 0.6 is 0 Å². The molecular formula is C21H24N4O3. The standard InChI is InChI=1S/C21H24N4O3/c26-17(14-25-11-9-15-4-1-2-5-16(15)13-25)12-23-19(27)7-8-20-24-21-18(28-20)6-3-10-22-21/h1-6,10,17,26H,7-9,11-14H2,(H,23,27)/t17-/m0/s1. The molecule has 4 rings (SSSR count). The first-order valence-electron chi connectivity index (χ1n) is 9.62. The van der Waals surface area contributed by atoms with Crippen molar-refractivity contribution < 1.29 is 14.3 Å². The van der Waals surface area contributed by atoms with E-state index in [4.69, 9.17) is 4.42 Å². The van der Waals surface area contributed by atoms with Crippen LogP contribution in [-0.2, 0) is 24.2 Å². The molecule has 7 nitrogen and oxygen atoms in total. The van der Waals surface area contributed by atoms with Crippen molar-refractivity contribution in [1.82, 2.24) is 20.2 Å². The second kappa shape index (κ2) is 8.50. The highest BCUT2D eigenvalue weighted by Gasteiger charge is 2.19. The highest BCUT2D eigenvalue weighted by molar-refractivity contribution is 5.76. The molecule has 2 N–H and O–H groups in total. The Kier molecular flexibility index (Phi) is 5.64. The zero-order valence-corrected chi connectivity index (χ0v) is 15.7. The summed E-state index contributed by atoms with van der Waals surface area (Å²) in [5, 5.41) is 13.1. The third-order valence-electron chi connectivity index (χ3n) is 4.99. The first-order valence-corrected chi connectivity index (χ1v) is 9.62. The minimum Gasteiger partial charge on any atom is -0.439 e. The summed E-state index contributed by atoms with van der Waals surface area (Å²) >= 11 is 0. The molecule has 0 saturated carbocycles. The number of carbonyl (C=O) groups is 1. The number of aryl methyl sites for hydroxylation is 1. The second-order valence-corrected chi connectivity index (χ2v) is 7.14. The van der Waals surface area contributed by atoms with Crippen molar-refractivity contribution in [1.29, 1.82) is 0 Å². The van der Waals surface area contributed by atoms with Gasteiger partial charge in [0.2, 0.25) is 5.91 Å². The van der Waals surface area contributed by atoms with Crippen LogP contribution in [0, 0.1) is 0 Å². The number of pyridine rings is 1. The third-order valence-corrected chi connectivity index (χ3v) is 4.99. The van der Waals surface area contributed by atoms with Crippen molar-refractivity contribution >= 4 is 17.1 Å². The molecule has 1 amide bonds. The predicted molar refractivity (Wildman–Crippen MR) is 105 cm³/mol. The number of benzene rings is 1. The van der Waals surface area contributed by atoms with Gasteiger partial charge < -0.3 is 14.8 Å². The number of nitrogens with zero attached hydrogens (tertiary/aromatic N) is 3. The molecule has 3 aromatic rings. The first kappa shape index (κ1) is 18.6. The zero-order chi connectivity index (χ0) is 19.3. The summed E-state index contributed by atoms with van der Waals surface area (Å²) in [6, 6.07) is 12.0. The summed E-state index contributed by atoms with van der Waals surface area (Å²) < 4.78 is 5.56. The number of hydrogen-bond donors (Lipinski definition) is 2. The lowest BCUT2D eigenvalue weighted by molar-refractivity contribution is -0.121. The number of aliphatic hydroxyl groups is 1. The van der Waals surface area contributed by atoms with E-state index >= 15 is 0 Å². The third kappa shape index (κ3) is 4.55. The fraction of sp³-hybridized carbons (Fsp3) is 0.381. The van der Waals surface area contributed by atoms with E-state index in [0.29, 0.717) is 30.1 Å². The van der Waals surface area contributed by atoms with E-state index < -0.39 is 6.10 Å². The average Bonchev–Trinajstić information content (AvgIpc) is 3.14. The van der Waals surface area contributed by atoms with Crippen LogP contribution < -0.4 is 5.32 Å². The first-order chi connectivity index (χ1) is 13.7. The van der Waals surface area contributed by atoms with E-state index in [-0.39, 0.29) is 18.9 Å². The Morgan fingerprint density at radius 1 is 1.25 bits per heavy atom. The quantitative estimate of drug-likeness (QED) is 0.648. The van der Waals surface area contributed by atoms with Crippen LogP contribution in [0.4, 0.5) is 0 Å². The predicted octanol–water partition coefficient (Wildman–Crippen LogP) is 1.69. The Hall–Kier alpha value is -2.77. The monoisotopic (exact) mass is 380 g/mol. The highest BCUT2D eigenvalue weighted by Crippen LogP contribution is 2.18. The van der Waals surface area contributed by atoms with Crippen molar-refractivity contribution in [2.24, 2.45) is 0 Å². The van der Waals surface area contributed by atoms with Crippen LogP contribution in [0.3, 0.4) is 0 Å². The van der Waals surface area contributed by atoms with Gasteiger partial charge >= 0.3 is 0 Å². The number of aliphatic hydroxyl groups excluding tert-OH is 1. The van der Waals surface area contributed by atoms with E-state index in [0.717, 1.165) is 19.5 Å². The van der Waals surface area contributed by atoms with Crippen molar-refractivity contribution in [2.45, 2.75) is 31.9 Å². The van der Waals surface area contributed by atoms with Crippen molar-refractivity contribution in [3.8, 4) is 0 Å². The van der Waals surface area contributed by atoms with Gasteiger partial charge in [-0.05, 0) is 29.7 Å². The van der Waals surface area contributed by atoms with Crippen LogP contribution in [-0.4, -0.2) is 51.6 Å². The largest absolute Gasteiger partial charge is 0.439 e. The average molecular weight is 380 g/mol. The fourth-order valence-corrected chi connectivity index (χ4v) is 3.53. The summed E-state index contributed by atoms with van der Waals surface area (Å²) in [5.74, 6) is 0.370. The smallest absolute Gasteiger partial charge is 0.220 e. The molecule has 1 aromatic carbocycles. The maximum Gasteiger partial charge on any atom is 0.220 e. The van der Waals surface area contributed by atoms with E-state index in [1.807, 2.05) is 6.07 Å². The molecule has 0 aliphatic carbocycles. The Bertz CT molecular complexity index is 922. The topological polar surface area (TPSA) is 91.5 Å². The van der Waals surface area contributed by atoms with Crippen molar-refractivity contribution in [3.63, 3.8) is 0 Å². The number of oxazole rings is 1. The Labute approximate surface area is 163 Å². The lowest BCUT2D eigenvalue weighted by Crippen LogP contribution is -2.42. The molecule has 146 valence electrons. The van der Waals surface area contributed by atoms with Crippen LogP contribution in [0.15, 0.2) is 47.0 Å². The van der Waals surface area contributed by atoms with Crippen LogP contribution in [0.25, 0.3) is 11.2 Å². The van der Waals surface area contributed by atoms with Gasteiger partial charge in [-0.2, -0.15) is 4.98 Å². The molecule has 2 aromatic heterocycles. The molecule has 1 aliphatic heterocycles. The number of carbonyl (C=O) groups excluding carboxylic acids is 1. The van der Waals surface area contributed by atoms with Crippen LogP contribution in [0.5, 0.6) is 0 Å². The molecule has 0 fully saturated rings. The molecule has 3 heterocycles. The minimum absolute atomic E-state index is 0.127. The van der Waals surface area contributed by atoms with Gasteiger partial charge in [-0.15, -0.1) is 0 Å². The molecule has 0 bridgehead atoms. The number of aromatic nitrogens is 2. The number of hydrogen-bond acceptors (Lipinski definition) is 6. The Balaban J connectivity index is 1.19. The number of fused-ring (bicyclic) bond motifs is 2. The van der Waals surface area contributed by atoms with Crippen LogP contribution in [0.2, 0.25) is 0 Å². The maximum atomic E-state index is 12.1. The summed E-state index contributed by atoms with van der Waals surface area (Å²) in [6.45, 7) is 2.55. The van der Waals surface area contributed by atoms with E-state index in [9.17, 15) is 9.90 Å². The van der Waals surface area contributed by atoms with Crippen LogP contribution in [0.1, 0.15) is 23.4 Å². The molecule has 28 heavy (non-hydrogen) atoms. The Morgan fingerprint density at radius 3 is 2.96 bits per heavy atom. The molecule has 0 spiro atoms. The summed E-state index contributed by atoms with van der Waals surface area (Å²) in [7, 11) is 0. The van der Waals surface area contributed by atoms with Gasteiger partial charge in [0.05, 0.1) is 6.10 Å². The van der Waals surface area contributed by atoms with Crippen molar-refractivity contribution in [2.75, 3.05) is 19.6 Å². The van der Waals surface area contributed by atoms with E-state index in [1.54, 1.807) is 18.3 Å². The lowest BCUT2D eigenvalue weighted by Gasteiger charge is -2.30. The highest BCUT2D eigenvalue weighted by atomic mass is 16.3.